The number of hydrogen-bond donors (Lipinski definition) is 1. The number of rotatable bonds is 3. The van der Waals surface area contributed by atoms with Gasteiger partial charge in [-0.1, -0.05) is 6.07 Å². The summed E-state index contributed by atoms with van der Waals surface area (Å²) >= 11 is 0. The fourth-order valence-corrected chi connectivity index (χ4v) is 1.97. The van der Waals surface area contributed by atoms with E-state index in [2.05, 4.69) is 15.3 Å². The standard InChI is InChI=1S/C15H10N4O3/c20-15(17-11-4-1-5-12(9-11)19(21)22)13-7-6-10-3-2-8-16-14(10)18-13/h1-9H,(H,17,20). The van der Waals surface area contributed by atoms with Crippen LogP contribution >= 0.6 is 0 Å². The Kier molecular flexibility index (Phi) is 3.45. The van der Waals surface area contributed by atoms with Gasteiger partial charge in [0.05, 0.1) is 4.92 Å². The van der Waals surface area contributed by atoms with Gasteiger partial charge in [0.1, 0.15) is 5.69 Å². The summed E-state index contributed by atoms with van der Waals surface area (Å²) in [5.41, 5.74) is 0.903. The molecule has 2 heterocycles. The predicted octanol–water partition coefficient (Wildman–Crippen LogP) is 2.79. The maximum absolute atomic E-state index is 12.2. The molecule has 0 radical (unpaired) electrons. The zero-order valence-corrected chi connectivity index (χ0v) is 11.3. The number of fused-ring (bicyclic) bond motifs is 1. The number of hydrogen-bond acceptors (Lipinski definition) is 5. The van der Waals surface area contributed by atoms with Gasteiger partial charge < -0.3 is 5.32 Å². The van der Waals surface area contributed by atoms with Gasteiger partial charge in [0.15, 0.2) is 5.65 Å². The van der Waals surface area contributed by atoms with Crippen LogP contribution in [0.3, 0.4) is 0 Å². The number of pyridine rings is 2. The third-order valence-corrected chi connectivity index (χ3v) is 3.01. The highest BCUT2D eigenvalue weighted by Crippen LogP contribution is 2.18. The molecular formula is C15H10N4O3. The number of nitro benzene ring substituents is 1. The average molecular weight is 294 g/mol. The second kappa shape index (κ2) is 5.57. The molecule has 1 amide bonds. The fraction of sp³-hybridized carbons (Fsp3) is 0. The minimum absolute atomic E-state index is 0.0917. The van der Waals surface area contributed by atoms with Crippen LogP contribution in [0.2, 0.25) is 0 Å². The minimum Gasteiger partial charge on any atom is -0.320 e. The van der Waals surface area contributed by atoms with Crippen LogP contribution in [-0.4, -0.2) is 20.8 Å². The molecule has 0 aliphatic carbocycles. The monoisotopic (exact) mass is 294 g/mol. The van der Waals surface area contributed by atoms with E-state index in [4.69, 9.17) is 0 Å². The van der Waals surface area contributed by atoms with E-state index in [-0.39, 0.29) is 11.4 Å². The maximum atomic E-state index is 12.2. The summed E-state index contributed by atoms with van der Waals surface area (Å²) in [7, 11) is 0. The van der Waals surface area contributed by atoms with Crippen LogP contribution in [0.5, 0.6) is 0 Å². The minimum atomic E-state index is -0.520. The average Bonchev–Trinajstić information content (AvgIpc) is 2.54. The molecule has 22 heavy (non-hydrogen) atoms. The normalized spacial score (nSPS) is 10.4. The lowest BCUT2D eigenvalue weighted by molar-refractivity contribution is -0.384. The van der Waals surface area contributed by atoms with E-state index in [0.717, 1.165) is 5.39 Å². The van der Waals surface area contributed by atoms with E-state index in [1.165, 1.54) is 18.2 Å². The van der Waals surface area contributed by atoms with Crippen molar-refractivity contribution in [1.82, 2.24) is 9.97 Å². The Hall–Kier alpha value is -3.35. The van der Waals surface area contributed by atoms with Crippen molar-refractivity contribution >= 4 is 28.3 Å². The molecule has 0 fully saturated rings. The topological polar surface area (TPSA) is 98.0 Å². The molecule has 0 aliphatic rings. The van der Waals surface area contributed by atoms with Crippen molar-refractivity contribution in [3.05, 3.63) is 70.5 Å². The number of aromatic nitrogens is 2. The molecule has 3 rings (SSSR count). The Bertz CT molecular complexity index is 879. The molecule has 0 saturated carbocycles. The number of non-ortho nitro benzene ring substituents is 1. The molecule has 3 aromatic rings. The summed E-state index contributed by atoms with van der Waals surface area (Å²) in [4.78, 5) is 30.6. The second-order valence-electron chi connectivity index (χ2n) is 4.51. The first-order chi connectivity index (χ1) is 10.6. The van der Waals surface area contributed by atoms with Crippen molar-refractivity contribution in [3.8, 4) is 0 Å². The second-order valence-corrected chi connectivity index (χ2v) is 4.51. The summed E-state index contributed by atoms with van der Waals surface area (Å²) in [5.74, 6) is -0.451. The Balaban J connectivity index is 1.86. The zero-order valence-electron chi connectivity index (χ0n) is 11.3. The van der Waals surface area contributed by atoms with Crippen LogP contribution in [0.25, 0.3) is 11.0 Å². The lowest BCUT2D eigenvalue weighted by Gasteiger charge is -2.05. The van der Waals surface area contributed by atoms with Crippen LogP contribution in [0, 0.1) is 10.1 Å². The van der Waals surface area contributed by atoms with Crippen molar-refractivity contribution in [1.29, 1.82) is 0 Å². The maximum Gasteiger partial charge on any atom is 0.274 e. The van der Waals surface area contributed by atoms with Crippen LogP contribution in [0.15, 0.2) is 54.7 Å². The van der Waals surface area contributed by atoms with Crippen LogP contribution in [0.1, 0.15) is 10.5 Å². The lowest BCUT2D eigenvalue weighted by atomic mass is 10.2. The molecule has 0 aliphatic heterocycles. The Morgan fingerprint density at radius 3 is 2.82 bits per heavy atom. The van der Waals surface area contributed by atoms with E-state index in [1.807, 2.05) is 6.07 Å². The summed E-state index contributed by atoms with van der Waals surface area (Å²) < 4.78 is 0. The van der Waals surface area contributed by atoms with E-state index in [0.29, 0.717) is 11.3 Å². The highest BCUT2D eigenvalue weighted by molar-refractivity contribution is 6.03. The molecular weight excluding hydrogens is 284 g/mol. The molecule has 7 nitrogen and oxygen atoms in total. The van der Waals surface area contributed by atoms with E-state index in [1.54, 1.807) is 30.5 Å². The van der Waals surface area contributed by atoms with Crippen molar-refractivity contribution in [2.24, 2.45) is 0 Å². The first-order valence-corrected chi connectivity index (χ1v) is 6.41. The molecule has 1 aromatic carbocycles. The largest absolute Gasteiger partial charge is 0.320 e. The van der Waals surface area contributed by atoms with E-state index in [9.17, 15) is 14.9 Å². The third-order valence-electron chi connectivity index (χ3n) is 3.01. The number of carbonyl (C=O) groups is 1. The number of benzene rings is 1. The van der Waals surface area contributed by atoms with E-state index >= 15 is 0 Å². The Labute approximate surface area is 124 Å². The zero-order chi connectivity index (χ0) is 15.5. The Morgan fingerprint density at radius 2 is 2.00 bits per heavy atom. The van der Waals surface area contributed by atoms with Crippen LogP contribution in [0.4, 0.5) is 11.4 Å². The number of amides is 1. The Morgan fingerprint density at radius 1 is 1.14 bits per heavy atom. The smallest absolute Gasteiger partial charge is 0.274 e. The molecule has 0 bridgehead atoms. The van der Waals surface area contributed by atoms with Gasteiger partial charge in [-0.15, -0.1) is 0 Å². The molecule has 0 spiro atoms. The van der Waals surface area contributed by atoms with Gasteiger partial charge in [0, 0.05) is 29.4 Å². The molecule has 1 N–H and O–H groups in total. The van der Waals surface area contributed by atoms with Crippen molar-refractivity contribution in [3.63, 3.8) is 0 Å². The molecule has 0 atom stereocenters. The highest BCUT2D eigenvalue weighted by Gasteiger charge is 2.11. The molecule has 108 valence electrons. The van der Waals surface area contributed by atoms with Crippen molar-refractivity contribution < 1.29 is 9.72 Å². The quantitative estimate of drug-likeness (QED) is 0.591. The number of nitro groups is 1. The van der Waals surface area contributed by atoms with Gasteiger partial charge in [-0.05, 0) is 30.3 Å². The van der Waals surface area contributed by atoms with Crippen molar-refractivity contribution in [2.75, 3.05) is 5.32 Å². The highest BCUT2D eigenvalue weighted by atomic mass is 16.6. The van der Waals surface area contributed by atoms with Gasteiger partial charge in [-0.25, -0.2) is 9.97 Å². The summed E-state index contributed by atoms with van der Waals surface area (Å²) in [6.07, 6.45) is 1.59. The molecule has 0 saturated heterocycles. The number of nitrogens with one attached hydrogen (secondary N) is 1. The third kappa shape index (κ3) is 2.73. The number of nitrogens with zero attached hydrogens (tertiary/aromatic N) is 3. The van der Waals surface area contributed by atoms with E-state index < -0.39 is 10.8 Å². The summed E-state index contributed by atoms with van der Waals surface area (Å²) in [5, 5.41) is 14.1. The van der Waals surface area contributed by atoms with Crippen LogP contribution < -0.4 is 5.32 Å². The fourth-order valence-electron chi connectivity index (χ4n) is 1.97. The summed E-state index contributed by atoms with van der Waals surface area (Å²) in [6, 6.07) is 12.7. The first kappa shape index (κ1) is 13.6. The molecule has 7 heteroatoms. The lowest BCUT2D eigenvalue weighted by Crippen LogP contribution is -2.13. The SMILES string of the molecule is O=C(Nc1cccc([N+](=O)[O-])c1)c1ccc2cccnc2n1. The van der Waals surface area contributed by atoms with Gasteiger partial charge in [-0.3, -0.25) is 14.9 Å². The molecule has 2 aromatic heterocycles. The van der Waals surface area contributed by atoms with Gasteiger partial charge in [0.25, 0.3) is 11.6 Å². The van der Waals surface area contributed by atoms with Gasteiger partial charge in [-0.2, -0.15) is 0 Å². The van der Waals surface area contributed by atoms with Crippen LogP contribution in [-0.2, 0) is 0 Å². The predicted molar refractivity (Wildman–Crippen MR) is 80.6 cm³/mol. The van der Waals surface area contributed by atoms with Crippen molar-refractivity contribution in [2.45, 2.75) is 0 Å². The van der Waals surface area contributed by atoms with Gasteiger partial charge >= 0.3 is 0 Å². The first-order valence-electron chi connectivity index (χ1n) is 6.41. The number of carbonyl (C=O) groups excluding carboxylic acids is 1. The van der Waals surface area contributed by atoms with Gasteiger partial charge in [0.2, 0.25) is 0 Å². The molecule has 0 unspecified atom stereocenters. The number of anilines is 1. The summed E-state index contributed by atoms with van der Waals surface area (Å²) in [6.45, 7) is 0.